The molecule has 0 aromatic heterocycles. The van der Waals surface area contributed by atoms with Gasteiger partial charge in [0.25, 0.3) is 0 Å². The molecule has 1 amide bonds. The topological polar surface area (TPSA) is 58.4 Å². The first-order valence-electron chi connectivity index (χ1n) is 7.37. The Morgan fingerprint density at radius 3 is 2.44 bits per heavy atom. The first kappa shape index (κ1) is 13.8. The number of likely N-dealkylation sites (N-methyl/N-ethyl adjacent to an activating group) is 1. The van der Waals surface area contributed by atoms with E-state index < -0.39 is 5.54 Å². The molecule has 104 valence electrons. The van der Waals surface area contributed by atoms with Gasteiger partial charge in [0.1, 0.15) is 5.54 Å². The van der Waals surface area contributed by atoms with E-state index in [1.165, 1.54) is 25.7 Å². The van der Waals surface area contributed by atoms with Crippen molar-refractivity contribution >= 4 is 5.91 Å². The van der Waals surface area contributed by atoms with Crippen molar-refractivity contribution in [3.05, 3.63) is 0 Å². The second kappa shape index (κ2) is 5.57. The Morgan fingerprint density at radius 2 is 2.06 bits per heavy atom. The fourth-order valence-corrected chi connectivity index (χ4v) is 2.90. The lowest BCUT2D eigenvalue weighted by atomic mass is 9.91. The first-order valence-corrected chi connectivity index (χ1v) is 7.37. The molecular formula is C14H27N3O. The molecule has 2 aliphatic rings. The maximum atomic E-state index is 11.9. The molecule has 18 heavy (non-hydrogen) atoms. The van der Waals surface area contributed by atoms with Crippen LogP contribution in [0.1, 0.15) is 45.4 Å². The Labute approximate surface area is 110 Å². The van der Waals surface area contributed by atoms with Crippen LogP contribution in [0, 0.1) is 5.92 Å². The summed E-state index contributed by atoms with van der Waals surface area (Å²) in [5.41, 5.74) is 5.20. The van der Waals surface area contributed by atoms with Gasteiger partial charge in [-0.25, -0.2) is 0 Å². The van der Waals surface area contributed by atoms with E-state index in [9.17, 15) is 4.79 Å². The molecule has 3 N–H and O–H groups in total. The molecule has 2 rings (SSSR count). The Morgan fingerprint density at radius 1 is 1.39 bits per heavy atom. The van der Waals surface area contributed by atoms with Gasteiger partial charge in [-0.05, 0) is 51.6 Å². The summed E-state index contributed by atoms with van der Waals surface area (Å²) < 4.78 is 0. The molecule has 0 bridgehead atoms. The second-order valence-corrected chi connectivity index (χ2v) is 5.92. The van der Waals surface area contributed by atoms with E-state index in [1.54, 1.807) is 0 Å². The minimum absolute atomic E-state index is 0.172. The van der Waals surface area contributed by atoms with Gasteiger partial charge in [-0.15, -0.1) is 0 Å². The maximum Gasteiger partial charge on any atom is 0.239 e. The van der Waals surface area contributed by atoms with Crippen molar-refractivity contribution in [1.29, 1.82) is 0 Å². The number of nitrogens with zero attached hydrogens (tertiary/aromatic N) is 1. The molecule has 0 saturated heterocycles. The molecule has 4 heteroatoms. The molecule has 0 aromatic carbocycles. The van der Waals surface area contributed by atoms with Crippen LogP contribution in [0.3, 0.4) is 0 Å². The standard InChI is InChI=1S/C14H27N3O/c1-3-4-9-17(12-7-8-12)10-14(16-2,13(15)18)11-5-6-11/h11-12,16H,3-10H2,1-2H3,(H2,15,18). The lowest BCUT2D eigenvalue weighted by Gasteiger charge is -2.36. The van der Waals surface area contributed by atoms with Crippen molar-refractivity contribution in [3.63, 3.8) is 0 Å². The predicted octanol–water partition coefficient (Wildman–Crippen LogP) is 1.10. The average molecular weight is 253 g/mol. The van der Waals surface area contributed by atoms with Gasteiger partial charge in [0, 0.05) is 12.6 Å². The SMILES string of the molecule is CCCCN(CC(NC)(C(N)=O)C1CC1)C1CC1. The fourth-order valence-electron chi connectivity index (χ4n) is 2.90. The number of unbranched alkanes of at least 4 members (excludes halogenated alkanes) is 1. The predicted molar refractivity (Wildman–Crippen MR) is 73.2 cm³/mol. The quantitative estimate of drug-likeness (QED) is 0.647. The van der Waals surface area contributed by atoms with E-state index in [1.807, 2.05) is 7.05 Å². The number of rotatable bonds is 9. The molecule has 0 spiro atoms. The van der Waals surface area contributed by atoms with E-state index in [4.69, 9.17) is 5.73 Å². The molecule has 2 fully saturated rings. The molecular weight excluding hydrogens is 226 g/mol. The first-order chi connectivity index (χ1) is 8.64. The highest BCUT2D eigenvalue weighted by atomic mass is 16.1. The molecule has 0 aromatic rings. The minimum Gasteiger partial charge on any atom is -0.368 e. The summed E-state index contributed by atoms with van der Waals surface area (Å²) in [6.07, 6.45) is 7.25. The van der Waals surface area contributed by atoms with Crippen molar-refractivity contribution in [3.8, 4) is 0 Å². The second-order valence-electron chi connectivity index (χ2n) is 5.92. The monoisotopic (exact) mass is 253 g/mol. The Balaban J connectivity index is 2.03. The summed E-state index contributed by atoms with van der Waals surface area (Å²) in [7, 11) is 1.88. The molecule has 1 atom stereocenters. The Hall–Kier alpha value is -0.610. The highest BCUT2D eigenvalue weighted by molar-refractivity contribution is 5.86. The molecule has 0 aliphatic heterocycles. The lowest BCUT2D eigenvalue weighted by molar-refractivity contribution is -0.126. The third-order valence-corrected chi connectivity index (χ3v) is 4.47. The van der Waals surface area contributed by atoms with Crippen LogP contribution in [0.25, 0.3) is 0 Å². The summed E-state index contributed by atoms with van der Waals surface area (Å²) in [4.78, 5) is 14.4. The number of hydrogen-bond acceptors (Lipinski definition) is 3. The molecule has 0 heterocycles. The zero-order chi connectivity index (χ0) is 13.2. The van der Waals surface area contributed by atoms with Gasteiger partial charge in [-0.3, -0.25) is 9.69 Å². The molecule has 0 radical (unpaired) electrons. The van der Waals surface area contributed by atoms with Gasteiger partial charge >= 0.3 is 0 Å². The van der Waals surface area contributed by atoms with Crippen molar-refractivity contribution in [2.24, 2.45) is 11.7 Å². The van der Waals surface area contributed by atoms with Crippen LogP contribution in [0.15, 0.2) is 0 Å². The zero-order valence-corrected chi connectivity index (χ0v) is 11.7. The smallest absolute Gasteiger partial charge is 0.239 e. The third kappa shape index (κ3) is 2.86. The van der Waals surface area contributed by atoms with Gasteiger partial charge in [0.15, 0.2) is 0 Å². The van der Waals surface area contributed by atoms with Gasteiger partial charge in [0.2, 0.25) is 5.91 Å². The number of carbonyl (C=O) groups excluding carboxylic acids is 1. The maximum absolute atomic E-state index is 11.9. The van der Waals surface area contributed by atoms with Crippen LogP contribution >= 0.6 is 0 Å². The summed E-state index contributed by atoms with van der Waals surface area (Å²) in [5.74, 6) is 0.275. The fraction of sp³-hybridized carbons (Fsp3) is 0.929. The van der Waals surface area contributed by atoms with E-state index in [0.717, 1.165) is 25.9 Å². The van der Waals surface area contributed by atoms with Crippen molar-refractivity contribution < 1.29 is 4.79 Å². The highest BCUT2D eigenvalue weighted by Crippen LogP contribution is 2.41. The largest absolute Gasteiger partial charge is 0.368 e. The lowest BCUT2D eigenvalue weighted by Crippen LogP contribution is -2.62. The number of amides is 1. The Kier molecular flexibility index (Phi) is 4.28. The molecule has 1 unspecified atom stereocenters. The van der Waals surface area contributed by atoms with Gasteiger partial charge in [0.05, 0.1) is 0 Å². The van der Waals surface area contributed by atoms with Crippen LogP contribution in [0.4, 0.5) is 0 Å². The van der Waals surface area contributed by atoms with E-state index in [-0.39, 0.29) is 5.91 Å². The minimum atomic E-state index is -0.490. The number of nitrogens with two attached hydrogens (primary N) is 1. The van der Waals surface area contributed by atoms with E-state index >= 15 is 0 Å². The van der Waals surface area contributed by atoms with Crippen molar-refractivity contribution in [1.82, 2.24) is 10.2 Å². The van der Waals surface area contributed by atoms with Gasteiger partial charge < -0.3 is 11.1 Å². The summed E-state index contributed by atoms with van der Waals surface area (Å²) in [5, 5.41) is 3.25. The van der Waals surface area contributed by atoms with E-state index in [0.29, 0.717) is 12.0 Å². The number of hydrogen-bond donors (Lipinski definition) is 2. The van der Waals surface area contributed by atoms with Gasteiger partial charge in [-0.1, -0.05) is 13.3 Å². The average Bonchev–Trinajstić information content (AvgIpc) is 3.18. The van der Waals surface area contributed by atoms with Crippen LogP contribution in [-0.2, 0) is 4.79 Å². The molecule has 2 aliphatic carbocycles. The summed E-state index contributed by atoms with van der Waals surface area (Å²) in [6, 6.07) is 0.697. The van der Waals surface area contributed by atoms with Crippen LogP contribution < -0.4 is 11.1 Å². The normalized spacial score (nSPS) is 23.1. The van der Waals surface area contributed by atoms with Crippen LogP contribution in [-0.4, -0.2) is 42.5 Å². The Bertz CT molecular complexity index is 299. The molecule has 2 saturated carbocycles. The highest BCUT2D eigenvalue weighted by Gasteiger charge is 2.50. The number of primary amides is 1. The van der Waals surface area contributed by atoms with E-state index in [2.05, 4.69) is 17.1 Å². The molecule has 4 nitrogen and oxygen atoms in total. The zero-order valence-electron chi connectivity index (χ0n) is 11.7. The summed E-state index contributed by atoms with van der Waals surface area (Å²) in [6.45, 7) is 4.12. The van der Waals surface area contributed by atoms with Crippen molar-refractivity contribution in [2.75, 3.05) is 20.1 Å². The van der Waals surface area contributed by atoms with Crippen molar-refractivity contribution in [2.45, 2.75) is 57.0 Å². The van der Waals surface area contributed by atoms with Crippen LogP contribution in [0.2, 0.25) is 0 Å². The van der Waals surface area contributed by atoms with Gasteiger partial charge in [-0.2, -0.15) is 0 Å². The summed E-state index contributed by atoms with van der Waals surface area (Å²) >= 11 is 0. The number of carbonyl (C=O) groups is 1. The number of nitrogens with one attached hydrogen (secondary N) is 1. The van der Waals surface area contributed by atoms with Crippen LogP contribution in [0.5, 0.6) is 0 Å². The third-order valence-electron chi connectivity index (χ3n) is 4.47.